The van der Waals surface area contributed by atoms with Gasteiger partial charge >= 0.3 is 0 Å². The van der Waals surface area contributed by atoms with Crippen LogP contribution in [0.5, 0.6) is 0 Å². The van der Waals surface area contributed by atoms with Gasteiger partial charge in [-0.15, -0.1) is 0 Å². The van der Waals surface area contributed by atoms with E-state index in [1.807, 2.05) is 54.7 Å². The Balaban J connectivity index is 1.12. The van der Waals surface area contributed by atoms with Crippen LogP contribution in [0, 0.1) is 0 Å². The van der Waals surface area contributed by atoms with Gasteiger partial charge in [0.05, 0.1) is 11.0 Å². The van der Waals surface area contributed by atoms with Gasteiger partial charge in [0.15, 0.2) is 17.5 Å². The normalized spacial score (nSPS) is 11.7. The summed E-state index contributed by atoms with van der Waals surface area (Å²) in [6.45, 7) is 6.81. The minimum atomic E-state index is 0.0458. The predicted octanol–water partition coefficient (Wildman–Crippen LogP) is 12.0. The maximum atomic E-state index is 5.03. The van der Waals surface area contributed by atoms with Crippen molar-refractivity contribution in [2.24, 2.45) is 0 Å². The van der Waals surface area contributed by atoms with Crippen molar-refractivity contribution in [3.63, 3.8) is 0 Å². The molecule has 0 saturated carbocycles. The SMILES string of the molecule is CC(C)(C)c1ccc2c3cc(-c4ccc(-c5nc(-c6ccccc6)nc(-c6cccc(-c7cccnc7)c6)n5)cc4)ccc3n(-c3ccccc3)c2c1. The zero-order valence-electron chi connectivity index (χ0n) is 29.9. The van der Waals surface area contributed by atoms with Crippen LogP contribution in [0.2, 0.25) is 0 Å². The molecule has 0 spiro atoms. The summed E-state index contributed by atoms with van der Waals surface area (Å²) < 4.78 is 2.39. The van der Waals surface area contributed by atoms with Gasteiger partial charge in [0.25, 0.3) is 0 Å². The van der Waals surface area contributed by atoms with Crippen molar-refractivity contribution in [2.75, 3.05) is 0 Å². The highest BCUT2D eigenvalue weighted by atomic mass is 15.0. The second-order valence-corrected chi connectivity index (χ2v) is 14.5. The van der Waals surface area contributed by atoms with Crippen molar-refractivity contribution in [3.05, 3.63) is 176 Å². The minimum Gasteiger partial charge on any atom is -0.309 e. The average molecular weight is 684 g/mol. The molecule has 0 amide bonds. The number of pyridine rings is 1. The Labute approximate surface area is 309 Å². The van der Waals surface area contributed by atoms with Crippen molar-refractivity contribution in [1.82, 2.24) is 24.5 Å². The first kappa shape index (κ1) is 32.2. The summed E-state index contributed by atoms with van der Waals surface area (Å²) in [4.78, 5) is 19.3. The van der Waals surface area contributed by atoms with Gasteiger partial charge in [-0.05, 0) is 70.1 Å². The molecule has 3 aromatic heterocycles. The molecule has 0 saturated heterocycles. The molecule has 6 aromatic carbocycles. The molecule has 53 heavy (non-hydrogen) atoms. The third-order valence-electron chi connectivity index (χ3n) is 9.91. The third kappa shape index (κ3) is 6.17. The second kappa shape index (κ2) is 13.1. The summed E-state index contributed by atoms with van der Waals surface area (Å²) in [5, 5.41) is 2.48. The summed E-state index contributed by atoms with van der Waals surface area (Å²) in [7, 11) is 0. The summed E-state index contributed by atoms with van der Waals surface area (Å²) in [5.74, 6) is 1.89. The lowest BCUT2D eigenvalue weighted by Gasteiger charge is -2.19. The van der Waals surface area contributed by atoms with Crippen molar-refractivity contribution >= 4 is 21.8 Å². The van der Waals surface area contributed by atoms with Gasteiger partial charge < -0.3 is 4.57 Å². The number of aromatic nitrogens is 5. The predicted molar refractivity (Wildman–Crippen MR) is 218 cm³/mol. The number of rotatable bonds is 6. The highest BCUT2D eigenvalue weighted by molar-refractivity contribution is 6.10. The lowest BCUT2D eigenvalue weighted by atomic mass is 9.86. The molecule has 0 fully saturated rings. The Morgan fingerprint density at radius 3 is 1.70 bits per heavy atom. The lowest BCUT2D eigenvalue weighted by molar-refractivity contribution is 0.591. The van der Waals surface area contributed by atoms with Gasteiger partial charge in [0.2, 0.25) is 0 Å². The van der Waals surface area contributed by atoms with Crippen LogP contribution in [-0.2, 0) is 5.41 Å². The molecule has 0 aliphatic rings. The molecule has 5 nitrogen and oxygen atoms in total. The molecule has 0 bridgehead atoms. The van der Waals surface area contributed by atoms with Crippen LogP contribution in [-0.4, -0.2) is 24.5 Å². The number of para-hydroxylation sites is 1. The van der Waals surface area contributed by atoms with Gasteiger partial charge in [0, 0.05) is 51.1 Å². The van der Waals surface area contributed by atoms with Crippen molar-refractivity contribution < 1.29 is 0 Å². The van der Waals surface area contributed by atoms with Gasteiger partial charge in [-0.2, -0.15) is 0 Å². The second-order valence-electron chi connectivity index (χ2n) is 14.5. The summed E-state index contributed by atoms with van der Waals surface area (Å²) in [6.07, 6.45) is 3.66. The van der Waals surface area contributed by atoms with Gasteiger partial charge in [-0.1, -0.05) is 136 Å². The molecule has 0 atom stereocenters. The molecule has 0 aliphatic heterocycles. The molecular weight excluding hydrogens is 647 g/mol. The van der Waals surface area contributed by atoms with E-state index in [1.165, 1.54) is 27.4 Å². The number of fused-ring (bicyclic) bond motifs is 3. The van der Waals surface area contributed by atoms with Crippen molar-refractivity contribution in [1.29, 1.82) is 0 Å². The van der Waals surface area contributed by atoms with Crippen LogP contribution < -0.4 is 0 Å². The third-order valence-corrected chi connectivity index (χ3v) is 9.91. The van der Waals surface area contributed by atoms with E-state index >= 15 is 0 Å². The average Bonchev–Trinajstić information content (AvgIpc) is 3.54. The summed E-state index contributed by atoms with van der Waals surface area (Å²) in [6, 6.07) is 55.3. The van der Waals surface area contributed by atoms with E-state index in [4.69, 9.17) is 15.0 Å². The molecule has 0 unspecified atom stereocenters. The van der Waals surface area contributed by atoms with Crippen LogP contribution >= 0.6 is 0 Å². The first-order valence-electron chi connectivity index (χ1n) is 18.0. The van der Waals surface area contributed by atoms with E-state index in [2.05, 4.69) is 140 Å². The molecule has 9 rings (SSSR count). The maximum Gasteiger partial charge on any atom is 0.164 e. The zero-order chi connectivity index (χ0) is 35.9. The fourth-order valence-corrected chi connectivity index (χ4v) is 7.06. The number of hydrogen-bond donors (Lipinski definition) is 0. The Bertz CT molecular complexity index is 2730. The standard InChI is InChI=1S/C48H37N5/c1-48(2,3)39-24-25-41-42-29-36(23-26-43(42)53(44(41)30-39)40-17-8-5-9-18-40)32-19-21-34(22-20-32)46-50-45(33-12-6-4-7-13-33)51-47(52-46)37-15-10-14-35(28-37)38-16-11-27-49-31-38/h4-31H,1-3H3. The van der Waals surface area contributed by atoms with Gasteiger partial charge in [-0.25, -0.2) is 15.0 Å². The number of nitrogens with zero attached hydrogens (tertiary/aromatic N) is 5. The van der Waals surface area contributed by atoms with Crippen LogP contribution in [0.25, 0.3) is 83.9 Å². The summed E-state index contributed by atoms with van der Waals surface area (Å²) in [5.41, 5.74) is 12.1. The smallest absolute Gasteiger partial charge is 0.164 e. The fraction of sp³-hybridized carbons (Fsp3) is 0.0833. The molecule has 9 aromatic rings. The highest BCUT2D eigenvalue weighted by Crippen LogP contribution is 2.38. The lowest BCUT2D eigenvalue weighted by Crippen LogP contribution is -2.10. The Hall–Kier alpha value is -6.72. The Kier molecular flexibility index (Phi) is 7.97. The van der Waals surface area contributed by atoms with Crippen LogP contribution in [0.3, 0.4) is 0 Å². The molecule has 254 valence electrons. The largest absolute Gasteiger partial charge is 0.309 e. The number of hydrogen-bond acceptors (Lipinski definition) is 4. The maximum absolute atomic E-state index is 5.03. The monoisotopic (exact) mass is 683 g/mol. The quantitative estimate of drug-likeness (QED) is 0.175. The first-order chi connectivity index (χ1) is 25.9. The zero-order valence-corrected chi connectivity index (χ0v) is 29.9. The van der Waals surface area contributed by atoms with Crippen LogP contribution in [0.15, 0.2) is 170 Å². The van der Waals surface area contributed by atoms with Crippen molar-refractivity contribution in [2.45, 2.75) is 26.2 Å². The van der Waals surface area contributed by atoms with Crippen LogP contribution in [0.4, 0.5) is 0 Å². The Morgan fingerprint density at radius 2 is 1.00 bits per heavy atom. The summed E-state index contributed by atoms with van der Waals surface area (Å²) >= 11 is 0. The topological polar surface area (TPSA) is 56.5 Å². The van der Waals surface area contributed by atoms with Gasteiger partial charge in [-0.3, -0.25) is 4.98 Å². The van der Waals surface area contributed by atoms with E-state index in [-0.39, 0.29) is 5.41 Å². The molecule has 0 N–H and O–H groups in total. The molecule has 0 radical (unpaired) electrons. The van der Waals surface area contributed by atoms with Gasteiger partial charge in [0.1, 0.15) is 0 Å². The van der Waals surface area contributed by atoms with E-state index in [1.54, 1.807) is 6.20 Å². The molecular formula is C48H37N5. The van der Waals surface area contributed by atoms with E-state index in [0.717, 1.165) is 44.6 Å². The Morgan fingerprint density at radius 1 is 0.415 bits per heavy atom. The highest BCUT2D eigenvalue weighted by Gasteiger charge is 2.19. The first-order valence-corrected chi connectivity index (χ1v) is 18.0. The van der Waals surface area contributed by atoms with E-state index in [9.17, 15) is 0 Å². The molecule has 0 aliphatic carbocycles. The van der Waals surface area contributed by atoms with E-state index in [0.29, 0.717) is 17.5 Å². The fourth-order valence-electron chi connectivity index (χ4n) is 7.06. The van der Waals surface area contributed by atoms with E-state index < -0.39 is 0 Å². The minimum absolute atomic E-state index is 0.0458. The molecule has 5 heteroatoms. The van der Waals surface area contributed by atoms with Crippen molar-refractivity contribution in [3.8, 4) is 62.1 Å². The molecule has 3 heterocycles. The number of benzene rings is 6. The van der Waals surface area contributed by atoms with Crippen LogP contribution in [0.1, 0.15) is 26.3 Å².